The Morgan fingerprint density at radius 2 is 2.00 bits per heavy atom. The number of amides is 3. The summed E-state index contributed by atoms with van der Waals surface area (Å²) in [6, 6.07) is 7.62. The quantitative estimate of drug-likeness (QED) is 0.840. The zero-order valence-electron chi connectivity index (χ0n) is 14.9. The van der Waals surface area contributed by atoms with Crippen LogP contribution in [0.15, 0.2) is 24.3 Å². The molecule has 3 amide bonds. The van der Waals surface area contributed by atoms with Crippen molar-refractivity contribution in [2.45, 2.75) is 44.2 Å². The number of hydrogen-bond acceptors (Lipinski definition) is 4. The van der Waals surface area contributed by atoms with E-state index in [1.54, 1.807) is 0 Å². The van der Waals surface area contributed by atoms with Crippen LogP contribution in [0.4, 0.5) is 5.69 Å². The van der Waals surface area contributed by atoms with Gasteiger partial charge in [-0.1, -0.05) is 31.5 Å². The number of benzene rings is 1. The lowest BCUT2D eigenvalue weighted by atomic mass is 9.75. The maximum atomic E-state index is 13.3. The monoisotopic (exact) mass is 353 g/mol. The Hall–Kier alpha value is -2.21. The number of nitrogens with one attached hydrogen (secondary N) is 1. The van der Waals surface area contributed by atoms with Crippen molar-refractivity contribution in [3.05, 3.63) is 29.8 Å². The topological polar surface area (TPSA) is 69.7 Å². The molecule has 0 radical (unpaired) electrons. The van der Waals surface area contributed by atoms with Crippen molar-refractivity contribution in [3.8, 4) is 0 Å². The summed E-state index contributed by atoms with van der Waals surface area (Å²) in [4.78, 5) is 43.4. The largest absolute Gasteiger partial charge is 0.324 e. The molecule has 4 atom stereocenters. The highest BCUT2D eigenvalue weighted by Gasteiger charge is 2.74. The number of para-hydroxylation sites is 1. The molecule has 3 fully saturated rings. The lowest BCUT2D eigenvalue weighted by Gasteiger charge is -2.36. The van der Waals surface area contributed by atoms with E-state index in [0.29, 0.717) is 6.54 Å². The first-order chi connectivity index (χ1) is 12.6. The van der Waals surface area contributed by atoms with Crippen molar-refractivity contribution in [1.29, 1.82) is 0 Å². The normalized spacial score (nSPS) is 35.2. The molecule has 1 spiro atoms. The molecule has 3 saturated heterocycles. The maximum absolute atomic E-state index is 13.3. The van der Waals surface area contributed by atoms with Gasteiger partial charge in [-0.25, -0.2) is 0 Å². The van der Waals surface area contributed by atoms with Crippen LogP contribution in [0.2, 0.25) is 0 Å². The molecule has 1 N–H and O–H groups in total. The zero-order valence-corrected chi connectivity index (χ0v) is 14.9. The van der Waals surface area contributed by atoms with Gasteiger partial charge in [0.15, 0.2) is 0 Å². The molecule has 0 aromatic heterocycles. The fourth-order valence-electron chi connectivity index (χ4n) is 5.76. The molecule has 136 valence electrons. The summed E-state index contributed by atoms with van der Waals surface area (Å²) in [5.41, 5.74) is 0.620. The predicted molar refractivity (Wildman–Crippen MR) is 95.1 cm³/mol. The molecule has 1 aromatic rings. The first-order valence-electron chi connectivity index (χ1n) is 9.65. The fraction of sp³-hybridized carbons (Fsp3) is 0.550. The Morgan fingerprint density at radius 1 is 1.19 bits per heavy atom. The van der Waals surface area contributed by atoms with Crippen molar-refractivity contribution in [2.75, 3.05) is 18.4 Å². The van der Waals surface area contributed by atoms with E-state index >= 15 is 0 Å². The summed E-state index contributed by atoms with van der Waals surface area (Å²) in [6.07, 6.45) is 3.57. The van der Waals surface area contributed by atoms with Gasteiger partial charge in [-0.3, -0.25) is 24.2 Å². The molecule has 26 heavy (non-hydrogen) atoms. The van der Waals surface area contributed by atoms with Crippen LogP contribution in [0.5, 0.6) is 0 Å². The first-order valence-corrected chi connectivity index (χ1v) is 9.65. The summed E-state index contributed by atoms with van der Waals surface area (Å²) in [6.45, 7) is 3.27. The number of anilines is 1. The predicted octanol–water partition coefficient (Wildman–Crippen LogP) is 1.71. The summed E-state index contributed by atoms with van der Waals surface area (Å²) < 4.78 is 0. The Bertz CT molecular complexity index is 822. The van der Waals surface area contributed by atoms with E-state index in [9.17, 15) is 14.4 Å². The fourth-order valence-corrected chi connectivity index (χ4v) is 5.76. The Labute approximate surface area is 152 Å². The first kappa shape index (κ1) is 16.0. The minimum Gasteiger partial charge on any atom is -0.324 e. The van der Waals surface area contributed by atoms with E-state index in [1.807, 2.05) is 31.2 Å². The molecular formula is C20H23N3O3. The van der Waals surface area contributed by atoms with Gasteiger partial charge < -0.3 is 5.32 Å². The summed E-state index contributed by atoms with van der Waals surface area (Å²) in [7, 11) is 0. The Morgan fingerprint density at radius 3 is 2.81 bits per heavy atom. The second kappa shape index (κ2) is 5.39. The van der Waals surface area contributed by atoms with Crippen molar-refractivity contribution in [3.63, 3.8) is 0 Å². The van der Waals surface area contributed by atoms with Gasteiger partial charge in [0.05, 0.1) is 11.8 Å². The van der Waals surface area contributed by atoms with Gasteiger partial charge in [-0.15, -0.1) is 0 Å². The molecule has 0 aliphatic carbocycles. The summed E-state index contributed by atoms with van der Waals surface area (Å²) in [5.74, 6) is -1.36. The van der Waals surface area contributed by atoms with Crippen LogP contribution >= 0.6 is 0 Å². The molecule has 1 aromatic carbocycles. The van der Waals surface area contributed by atoms with E-state index in [4.69, 9.17) is 0 Å². The Balaban J connectivity index is 1.68. The highest BCUT2D eigenvalue weighted by Crippen LogP contribution is 2.60. The third-order valence-electron chi connectivity index (χ3n) is 6.73. The van der Waals surface area contributed by atoms with Crippen LogP contribution in [0, 0.1) is 11.8 Å². The number of likely N-dealkylation sites (tertiary alicyclic amines) is 1. The molecule has 4 aliphatic heterocycles. The van der Waals surface area contributed by atoms with Gasteiger partial charge in [0.1, 0.15) is 5.54 Å². The van der Waals surface area contributed by atoms with E-state index in [1.165, 1.54) is 4.90 Å². The molecule has 0 bridgehead atoms. The standard InChI is InChI=1S/C20H23N3O3/c1-2-3-10-22-17(24)15-14-9-6-11-23(14)20(16(15)18(22)25)12-7-4-5-8-13(12)21-19(20)26/h4-5,7-8,14-16H,2-3,6,9-11H2,1H3,(H,21,26). The third kappa shape index (κ3) is 1.68. The average molecular weight is 353 g/mol. The number of carbonyl (C=O) groups excluding carboxylic acids is 3. The Kier molecular flexibility index (Phi) is 3.32. The van der Waals surface area contributed by atoms with Gasteiger partial charge >= 0.3 is 0 Å². The number of imide groups is 1. The molecule has 5 rings (SSSR count). The van der Waals surface area contributed by atoms with Crippen molar-refractivity contribution < 1.29 is 14.4 Å². The van der Waals surface area contributed by atoms with Gasteiger partial charge in [-0.2, -0.15) is 0 Å². The van der Waals surface area contributed by atoms with Gasteiger partial charge in [0.25, 0.3) is 0 Å². The van der Waals surface area contributed by atoms with Crippen molar-refractivity contribution >= 4 is 23.4 Å². The van der Waals surface area contributed by atoms with Crippen molar-refractivity contribution in [2.24, 2.45) is 11.8 Å². The lowest BCUT2D eigenvalue weighted by Crippen LogP contribution is -2.54. The lowest BCUT2D eigenvalue weighted by molar-refractivity contribution is -0.145. The smallest absolute Gasteiger partial charge is 0.250 e. The highest BCUT2D eigenvalue weighted by atomic mass is 16.2. The molecular weight excluding hydrogens is 330 g/mol. The van der Waals surface area contributed by atoms with Crippen LogP contribution < -0.4 is 5.32 Å². The van der Waals surface area contributed by atoms with E-state index in [0.717, 1.165) is 43.5 Å². The number of carbonyl (C=O) groups is 3. The highest BCUT2D eigenvalue weighted by molar-refractivity contribution is 6.15. The maximum Gasteiger partial charge on any atom is 0.250 e. The second-order valence-corrected chi connectivity index (χ2v) is 7.85. The molecule has 4 aliphatic rings. The van der Waals surface area contributed by atoms with Crippen LogP contribution in [0.1, 0.15) is 38.2 Å². The minimum absolute atomic E-state index is 0.0139. The molecule has 0 saturated carbocycles. The van der Waals surface area contributed by atoms with E-state index in [-0.39, 0.29) is 23.8 Å². The number of unbranched alkanes of at least 4 members (excludes halogenated alkanes) is 1. The molecule has 4 unspecified atom stereocenters. The summed E-state index contributed by atoms with van der Waals surface area (Å²) in [5, 5.41) is 2.99. The van der Waals surface area contributed by atoms with Crippen LogP contribution in [-0.2, 0) is 19.9 Å². The van der Waals surface area contributed by atoms with Crippen LogP contribution in [0.3, 0.4) is 0 Å². The number of nitrogens with zero attached hydrogens (tertiary/aromatic N) is 2. The number of rotatable bonds is 3. The third-order valence-corrected chi connectivity index (χ3v) is 6.73. The van der Waals surface area contributed by atoms with Gasteiger partial charge in [0, 0.05) is 23.8 Å². The van der Waals surface area contributed by atoms with Gasteiger partial charge in [0.2, 0.25) is 17.7 Å². The van der Waals surface area contributed by atoms with Gasteiger partial charge in [-0.05, 0) is 31.9 Å². The molecule has 6 heteroatoms. The molecule has 4 heterocycles. The number of hydrogen-bond donors (Lipinski definition) is 1. The van der Waals surface area contributed by atoms with E-state index < -0.39 is 17.4 Å². The van der Waals surface area contributed by atoms with E-state index in [2.05, 4.69) is 10.2 Å². The average Bonchev–Trinajstić information content (AvgIpc) is 3.33. The van der Waals surface area contributed by atoms with Crippen LogP contribution in [-0.4, -0.2) is 46.7 Å². The second-order valence-electron chi connectivity index (χ2n) is 7.85. The minimum atomic E-state index is -1.02. The van der Waals surface area contributed by atoms with Crippen molar-refractivity contribution in [1.82, 2.24) is 9.80 Å². The zero-order chi connectivity index (χ0) is 18.1. The summed E-state index contributed by atoms with van der Waals surface area (Å²) >= 11 is 0. The SMILES string of the molecule is CCCCN1C(=O)C2C3CCCN3C3(C(=O)Nc4ccccc43)C2C1=O. The molecule has 6 nitrogen and oxygen atoms in total. The number of fused-ring (bicyclic) bond motifs is 7. The van der Waals surface area contributed by atoms with Crippen LogP contribution in [0.25, 0.3) is 0 Å².